The topological polar surface area (TPSA) is 77.8 Å². The van der Waals surface area contributed by atoms with E-state index in [1.165, 1.54) is 0 Å². The quantitative estimate of drug-likeness (QED) is 0.662. The summed E-state index contributed by atoms with van der Waals surface area (Å²) in [6.07, 6.45) is 0.127. The van der Waals surface area contributed by atoms with Crippen LogP contribution in [0.1, 0.15) is 23.7 Å². The summed E-state index contributed by atoms with van der Waals surface area (Å²) in [6, 6.07) is 0.922. The molecule has 1 aromatic carbocycles. The lowest BCUT2D eigenvalue weighted by Crippen LogP contribution is -1.98. The van der Waals surface area contributed by atoms with E-state index < -0.39 is 23.0 Å². The molecular formula is C9H9ClO4. The SMILES string of the molecule is CCC(=O)c1c(O)cc(O)c(Cl)c1O. The average Bonchev–Trinajstić information content (AvgIpc) is 2.14. The zero-order valence-corrected chi connectivity index (χ0v) is 8.17. The normalized spacial score (nSPS) is 10.1. The predicted octanol–water partition coefficient (Wildman–Crippen LogP) is 2.05. The number of phenols is 3. The lowest BCUT2D eigenvalue weighted by Gasteiger charge is -2.07. The van der Waals surface area contributed by atoms with Crippen LogP contribution in [0.5, 0.6) is 17.2 Å². The molecule has 0 unspecified atom stereocenters. The Kier molecular flexibility index (Phi) is 2.86. The van der Waals surface area contributed by atoms with Crippen molar-refractivity contribution >= 4 is 17.4 Å². The number of ketones is 1. The fraction of sp³-hybridized carbons (Fsp3) is 0.222. The number of benzene rings is 1. The van der Waals surface area contributed by atoms with Crippen LogP contribution in [0, 0.1) is 0 Å². The maximum Gasteiger partial charge on any atom is 0.170 e. The summed E-state index contributed by atoms with van der Waals surface area (Å²) < 4.78 is 0. The van der Waals surface area contributed by atoms with E-state index in [9.17, 15) is 15.0 Å². The van der Waals surface area contributed by atoms with E-state index in [4.69, 9.17) is 16.7 Å². The van der Waals surface area contributed by atoms with Crippen LogP contribution in [0.3, 0.4) is 0 Å². The van der Waals surface area contributed by atoms with E-state index in [1.807, 2.05) is 0 Å². The summed E-state index contributed by atoms with van der Waals surface area (Å²) in [7, 11) is 0. The number of aromatic hydroxyl groups is 3. The third-order valence-electron chi connectivity index (χ3n) is 1.80. The molecule has 14 heavy (non-hydrogen) atoms. The van der Waals surface area contributed by atoms with Gasteiger partial charge in [-0.1, -0.05) is 18.5 Å². The third-order valence-corrected chi connectivity index (χ3v) is 2.17. The number of hydrogen-bond donors (Lipinski definition) is 3. The van der Waals surface area contributed by atoms with Gasteiger partial charge in [-0.15, -0.1) is 0 Å². The van der Waals surface area contributed by atoms with Gasteiger partial charge in [-0.25, -0.2) is 0 Å². The Morgan fingerprint density at radius 1 is 1.36 bits per heavy atom. The first-order valence-electron chi connectivity index (χ1n) is 3.95. The molecule has 1 aromatic rings. The number of rotatable bonds is 2. The summed E-state index contributed by atoms with van der Waals surface area (Å²) in [5.41, 5.74) is -0.254. The highest BCUT2D eigenvalue weighted by atomic mass is 35.5. The average molecular weight is 217 g/mol. The number of carbonyl (C=O) groups excluding carboxylic acids is 1. The van der Waals surface area contributed by atoms with Gasteiger partial charge in [0.1, 0.15) is 22.1 Å². The van der Waals surface area contributed by atoms with Gasteiger partial charge in [0.05, 0.1) is 0 Å². The summed E-state index contributed by atoms with van der Waals surface area (Å²) in [6.45, 7) is 1.59. The van der Waals surface area contributed by atoms with Crippen LogP contribution >= 0.6 is 11.6 Å². The minimum atomic E-state index is -0.587. The zero-order chi connectivity index (χ0) is 10.9. The molecule has 3 N–H and O–H groups in total. The third kappa shape index (κ3) is 1.61. The molecule has 0 radical (unpaired) electrons. The highest BCUT2D eigenvalue weighted by Gasteiger charge is 2.20. The second-order valence-corrected chi connectivity index (χ2v) is 3.11. The van der Waals surface area contributed by atoms with Crippen LogP contribution in [0.4, 0.5) is 0 Å². The van der Waals surface area contributed by atoms with Crippen molar-refractivity contribution in [3.8, 4) is 17.2 Å². The fourth-order valence-electron chi connectivity index (χ4n) is 1.07. The molecule has 1 rings (SSSR count). The van der Waals surface area contributed by atoms with Crippen LogP contribution in [-0.4, -0.2) is 21.1 Å². The first-order chi connectivity index (χ1) is 6.49. The standard InChI is InChI=1S/C9H9ClO4/c1-2-4(11)7-5(12)3-6(13)8(10)9(7)14/h3,12-14H,2H2,1H3. The summed E-state index contributed by atoms with van der Waals surface area (Å²) in [5.74, 6) is -1.97. The highest BCUT2D eigenvalue weighted by Crippen LogP contribution is 2.41. The van der Waals surface area contributed by atoms with Crippen molar-refractivity contribution in [2.24, 2.45) is 0 Å². The first kappa shape index (κ1) is 10.7. The van der Waals surface area contributed by atoms with Crippen molar-refractivity contribution in [3.05, 3.63) is 16.7 Å². The molecule has 0 saturated carbocycles. The Morgan fingerprint density at radius 2 is 1.93 bits per heavy atom. The summed E-state index contributed by atoms with van der Waals surface area (Å²) in [4.78, 5) is 11.3. The molecular weight excluding hydrogens is 208 g/mol. The van der Waals surface area contributed by atoms with Gasteiger partial charge >= 0.3 is 0 Å². The molecule has 0 amide bonds. The smallest absolute Gasteiger partial charge is 0.170 e. The molecule has 76 valence electrons. The maximum absolute atomic E-state index is 11.3. The first-order valence-corrected chi connectivity index (χ1v) is 4.33. The lowest BCUT2D eigenvalue weighted by molar-refractivity contribution is 0.0983. The van der Waals surface area contributed by atoms with Gasteiger partial charge in [-0.2, -0.15) is 0 Å². The van der Waals surface area contributed by atoms with Gasteiger partial charge in [0.15, 0.2) is 11.5 Å². The molecule has 0 fully saturated rings. The number of phenolic OH excluding ortho intramolecular Hbond substituents is 3. The number of carbonyl (C=O) groups is 1. The second kappa shape index (κ2) is 3.75. The van der Waals surface area contributed by atoms with E-state index in [0.717, 1.165) is 6.07 Å². The monoisotopic (exact) mass is 216 g/mol. The van der Waals surface area contributed by atoms with Gasteiger partial charge in [0.25, 0.3) is 0 Å². The number of halogens is 1. The van der Waals surface area contributed by atoms with Gasteiger partial charge < -0.3 is 15.3 Å². The molecule has 0 aliphatic rings. The minimum absolute atomic E-state index is 0.127. The van der Waals surface area contributed by atoms with E-state index in [0.29, 0.717) is 0 Å². The lowest BCUT2D eigenvalue weighted by atomic mass is 10.1. The fourth-order valence-corrected chi connectivity index (χ4v) is 1.22. The van der Waals surface area contributed by atoms with E-state index in [2.05, 4.69) is 0 Å². The zero-order valence-electron chi connectivity index (χ0n) is 7.41. The largest absolute Gasteiger partial charge is 0.507 e. The van der Waals surface area contributed by atoms with Crippen LogP contribution in [-0.2, 0) is 0 Å². The molecule has 0 aromatic heterocycles. The molecule has 0 spiro atoms. The molecule has 0 heterocycles. The van der Waals surface area contributed by atoms with E-state index in [1.54, 1.807) is 6.92 Å². The van der Waals surface area contributed by atoms with Crippen molar-refractivity contribution in [3.63, 3.8) is 0 Å². The second-order valence-electron chi connectivity index (χ2n) is 2.73. The Hall–Kier alpha value is -1.42. The molecule has 0 atom stereocenters. The molecule has 0 saturated heterocycles. The highest BCUT2D eigenvalue weighted by molar-refractivity contribution is 6.34. The Labute approximate surface area is 85.4 Å². The van der Waals surface area contributed by atoms with Crippen LogP contribution in [0.25, 0.3) is 0 Å². The van der Waals surface area contributed by atoms with E-state index >= 15 is 0 Å². The molecule has 0 bridgehead atoms. The van der Waals surface area contributed by atoms with Crippen molar-refractivity contribution < 1.29 is 20.1 Å². The maximum atomic E-state index is 11.3. The van der Waals surface area contributed by atoms with Gasteiger partial charge in [0.2, 0.25) is 0 Å². The number of hydrogen-bond acceptors (Lipinski definition) is 4. The Balaban J connectivity index is 3.44. The van der Waals surface area contributed by atoms with E-state index in [-0.39, 0.29) is 17.0 Å². The van der Waals surface area contributed by atoms with Gasteiger partial charge in [-0.3, -0.25) is 4.79 Å². The summed E-state index contributed by atoms with van der Waals surface area (Å²) >= 11 is 5.49. The van der Waals surface area contributed by atoms with Crippen molar-refractivity contribution in [1.29, 1.82) is 0 Å². The molecule has 4 nitrogen and oxygen atoms in total. The van der Waals surface area contributed by atoms with Crippen molar-refractivity contribution in [1.82, 2.24) is 0 Å². The van der Waals surface area contributed by atoms with Crippen molar-refractivity contribution in [2.45, 2.75) is 13.3 Å². The van der Waals surface area contributed by atoms with Gasteiger partial charge in [0, 0.05) is 12.5 Å². The summed E-state index contributed by atoms with van der Waals surface area (Å²) in [5, 5.41) is 27.4. The molecule has 5 heteroatoms. The Morgan fingerprint density at radius 3 is 2.43 bits per heavy atom. The van der Waals surface area contributed by atoms with Gasteiger partial charge in [-0.05, 0) is 0 Å². The predicted molar refractivity (Wildman–Crippen MR) is 51.1 cm³/mol. The molecule has 0 aliphatic heterocycles. The van der Waals surface area contributed by atoms with Crippen LogP contribution < -0.4 is 0 Å². The van der Waals surface area contributed by atoms with Crippen LogP contribution in [0.15, 0.2) is 6.07 Å². The number of Topliss-reactive ketones (excluding diaryl/α,β-unsaturated/α-hetero) is 1. The molecule has 0 aliphatic carbocycles. The Bertz CT molecular complexity index is 387. The van der Waals surface area contributed by atoms with Crippen LogP contribution in [0.2, 0.25) is 5.02 Å². The van der Waals surface area contributed by atoms with Crippen molar-refractivity contribution in [2.75, 3.05) is 0 Å². The minimum Gasteiger partial charge on any atom is -0.507 e.